The highest BCUT2D eigenvalue weighted by Gasteiger charge is 2.49. The van der Waals surface area contributed by atoms with Crippen LogP contribution in [0.5, 0.6) is 5.75 Å². The van der Waals surface area contributed by atoms with Crippen molar-refractivity contribution in [3.8, 4) is 5.75 Å². The number of hydrogen-bond donors (Lipinski definition) is 1. The van der Waals surface area contributed by atoms with Crippen LogP contribution < -0.4 is 15.0 Å². The number of hydrogen-bond acceptors (Lipinski definition) is 3. The molecule has 1 fully saturated rings. The minimum atomic E-state index is -1.11. The molecule has 2 amide bonds. The molecule has 1 aromatic heterocycles. The van der Waals surface area contributed by atoms with Crippen molar-refractivity contribution < 1.29 is 14.3 Å². The summed E-state index contributed by atoms with van der Waals surface area (Å²) in [5.74, 6) is 0.272. The number of para-hydroxylation sites is 3. The van der Waals surface area contributed by atoms with Crippen LogP contribution in [0.3, 0.4) is 0 Å². The molecule has 1 aliphatic carbocycles. The van der Waals surface area contributed by atoms with E-state index in [-0.39, 0.29) is 17.9 Å². The number of fused-ring (bicyclic) bond motifs is 3. The minimum Gasteiger partial charge on any atom is -0.495 e. The predicted molar refractivity (Wildman–Crippen MR) is 134 cm³/mol. The molecule has 6 nitrogen and oxygen atoms in total. The third-order valence-corrected chi connectivity index (χ3v) is 7.45. The Hall–Kier alpha value is -3.28. The Labute approximate surface area is 200 Å². The summed E-state index contributed by atoms with van der Waals surface area (Å²) >= 11 is 0. The largest absolute Gasteiger partial charge is 0.495 e. The van der Waals surface area contributed by atoms with E-state index in [1.165, 1.54) is 19.3 Å². The van der Waals surface area contributed by atoms with Crippen molar-refractivity contribution in [1.82, 2.24) is 9.88 Å². The standard InChI is InChI=1S/C28H33N3O3/c1-28(27(33)29-21-13-6-4-3-5-7-14-21)19-30-22-15-9-8-12-20(22)18-24(30)26(32)31(28)23-16-10-11-17-25(23)34-2/h8-12,15-18,21H,3-7,13-14,19H2,1-2H3,(H,29,33)/t28-/m1/s1. The van der Waals surface area contributed by atoms with Gasteiger partial charge in [0.25, 0.3) is 5.91 Å². The van der Waals surface area contributed by atoms with Crippen molar-refractivity contribution in [2.24, 2.45) is 0 Å². The van der Waals surface area contributed by atoms with E-state index in [0.717, 1.165) is 36.6 Å². The quantitative estimate of drug-likeness (QED) is 0.576. The van der Waals surface area contributed by atoms with E-state index < -0.39 is 5.54 Å². The first-order chi connectivity index (χ1) is 16.5. The average Bonchev–Trinajstić information content (AvgIpc) is 3.19. The highest BCUT2D eigenvalue weighted by molar-refractivity contribution is 6.14. The van der Waals surface area contributed by atoms with Gasteiger partial charge in [-0.15, -0.1) is 0 Å². The van der Waals surface area contributed by atoms with Crippen molar-refractivity contribution >= 4 is 28.4 Å². The maximum atomic E-state index is 14.0. The number of methoxy groups -OCH3 is 1. The number of aromatic nitrogens is 1. The van der Waals surface area contributed by atoms with E-state index in [2.05, 4.69) is 5.32 Å². The van der Waals surface area contributed by atoms with E-state index in [0.29, 0.717) is 23.7 Å². The summed E-state index contributed by atoms with van der Waals surface area (Å²) in [6, 6.07) is 17.5. The zero-order chi connectivity index (χ0) is 23.7. The molecule has 1 N–H and O–H groups in total. The molecule has 0 unspecified atom stereocenters. The van der Waals surface area contributed by atoms with Crippen LogP contribution in [0.1, 0.15) is 62.4 Å². The first kappa shape index (κ1) is 22.5. The predicted octanol–water partition coefficient (Wildman–Crippen LogP) is 5.30. The summed E-state index contributed by atoms with van der Waals surface area (Å²) < 4.78 is 7.62. The number of anilines is 1. The zero-order valence-corrected chi connectivity index (χ0v) is 20.0. The van der Waals surface area contributed by atoms with Gasteiger partial charge in [-0.1, -0.05) is 62.4 Å². The van der Waals surface area contributed by atoms with Gasteiger partial charge >= 0.3 is 0 Å². The van der Waals surface area contributed by atoms with Crippen LogP contribution in [0.2, 0.25) is 0 Å². The second kappa shape index (κ2) is 9.16. The maximum absolute atomic E-state index is 14.0. The normalized spacial score (nSPS) is 21.6. The third-order valence-electron chi connectivity index (χ3n) is 7.45. The molecule has 6 heteroatoms. The molecule has 178 valence electrons. The molecule has 2 aliphatic rings. The number of ether oxygens (including phenoxy) is 1. The molecule has 0 bridgehead atoms. The number of nitrogens with zero attached hydrogens (tertiary/aromatic N) is 2. The van der Waals surface area contributed by atoms with Crippen LogP contribution in [-0.2, 0) is 11.3 Å². The summed E-state index contributed by atoms with van der Waals surface area (Å²) in [5.41, 5.74) is 1.06. The van der Waals surface area contributed by atoms with Crippen LogP contribution in [0.4, 0.5) is 5.69 Å². The topological polar surface area (TPSA) is 63.6 Å². The van der Waals surface area contributed by atoms with Crippen molar-refractivity contribution in [3.63, 3.8) is 0 Å². The Balaban J connectivity index is 1.59. The van der Waals surface area contributed by atoms with E-state index in [1.807, 2.05) is 66.1 Å². The van der Waals surface area contributed by atoms with Gasteiger partial charge < -0.3 is 14.6 Å². The number of nitrogens with one attached hydrogen (secondary N) is 1. The van der Waals surface area contributed by atoms with Crippen LogP contribution in [0, 0.1) is 0 Å². The molecular weight excluding hydrogens is 426 g/mol. The fourth-order valence-corrected chi connectivity index (χ4v) is 5.58. The van der Waals surface area contributed by atoms with Crippen molar-refractivity contribution in [1.29, 1.82) is 0 Å². The van der Waals surface area contributed by atoms with Crippen LogP contribution in [-0.4, -0.2) is 35.1 Å². The number of rotatable bonds is 4. The maximum Gasteiger partial charge on any atom is 0.276 e. The van der Waals surface area contributed by atoms with Crippen molar-refractivity contribution in [3.05, 3.63) is 60.3 Å². The van der Waals surface area contributed by atoms with Gasteiger partial charge in [0, 0.05) is 16.9 Å². The van der Waals surface area contributed by atoms with E-state index in [9.17, 15) is 9.59 Å². The fourth-order valence-electron chi connectivity index (χ4n) is 5.58. The van der Waals surface area contributed by atoms with Gasteiger partial charge in [-0.05, 0) is 44.0 Å². The van der Waals surface area contributed by atoms with Crippen molar-refractivity contribution in [2.45, 2.75) is 70.0 Å². The van der Waals surface area contributed by atoms with E-state index >= 15 is 0 Å². The monoisotopic (exact) mass is 459 g/mol. The molecule has 5 rings (SSSR count). The van der Waals surface area contributed by atoms with Crippen molar-refractivity contribution in [2.75, 3.05) is 12.0 Å². The lowest BCUT2D eigenvalue weighted by Crippen LogP contribution is -2.65. The Kier molecular flexibility index (Phi) is 6.07. The molecular formula is C28H33N3O3. The summed E-state index contributed by atoms with van der Waals surface area (Å²) in [6.07, 6.45) is 7.94. The molecule has 2 aromatic carbocycles. The number of carbonyl (C=O) groups excluding carboxylic acids is 2. The van der Waals surface area contributed by atoms with Crippen LogP contribution in [0.15, 0.2) is 54.6 Å². The lowest BCUT2D eigenvalue weighted by molar-refractivity contribution is -0.127. The number of benzene rings is 2. The second-order valence-corrected chi connectivity index (χ2v) is 9.78. The Morgan fingerprint density at radius 2 is 1.68 bits per heavy atom. The SMILES string of the molecule is COc1ccccc1N1C(=O)c2cc3ccccc3n2C[C@]1(C)C(=O)NC1CCCCCCC1. The number of amides is 2. The van der Waals surface area contributed by atoms with E-state index in [4.69, 9.17) is 4.74 Å². The summed E-state index contributed by atoms with van der Waals surface area (Å²) in [4.78, 5) is 29.7. The second-order valence-electron chi connectivity index (χ2n) is 9.78. The van der Waals surface area contributed by atoms with E-state index in [1.54, 1.807) is 12.0 Å². The Morgan fingerprint density at radius 1 is 1.00 bits per heavy atom. The van der Waals surface area contributed by atoms with Crippen LogP contribution >= 0.6 is 0 Å². The minimum absolute atomic E-state index is 0.110. The summed E-state index contributed by atoms with van der Waals surface area (Å²) in [5, 5.41) is 4.33. The zero-order valence-electron chi connectivity index (χ0n) is 20.0. The van der Waals surface area contributed by atoms with Gasteiger partial charge in [0.15, 0.2) is 0 Å². The molecule has 0 saturated heterocycles. The van der Waals surface area contributed by atoms with Gasteiger partial charge in [0.05, 0.1) is 19.3 Å². The fraction of sp³-hybridized carbons (Fsp3) is 0.429. The van der Waals surface area contributed by atoms with Crippen LogP contribution in [0.25, 0.3) is 10.9 Å². The van der Waals surface area contributed by atoms with Gasteiger partial charge in [0.1, 0.15) is 17.0 Å². The highest BCUT2D eigenvalue weighted by Crippen LogP contribution is 2.40. The van der Waals surface area contributed by atoms with Gasteiger partial charge in [-0.25, -0.2) is 0 Å². The molecule has 1 atom stereocenters. The summed E-state index contributed by atoms with van der Waals surface area (Å²) in [6.45, 7) is 2.26. The van der Waals surface area contributed by atoms with Gasteiger partial charge in [0.2, 0.25) is 5.91 Å². The Bertz CT molecular complexity index is 1210. The lowest BCUT2D eigenvalue weighted by Gasteiger charge is -2.45. The molecule has 1 aliphatic heterocycles. The molecule has 1 saturated carbocycles. The first-order valence-corrected chi connectivity index (χ1v) is 12.4. The average molecular weight is 460 g/mol. The Morgan fingerprint density at radius 3 is 2.44 bits per heavy atom. The van der Waals surface area contributed by atoms with Gasteiger partial charge in [-0.2, -0.15) is 0 Å². The molecule has 3 aromatic rings. The smallest absolute Gasteiger partial charge is 0.276 e. The highest BCUT2D eigenvalue weighted by atomic mass is 16.5. The lowest BCUT2D eigenvalue weighted by atomic mass is 9.91. The molecule has 0 radical (unpaired) electrons. The molecule has 0 spiro atoms. The molecule has 2 heterocycles. The first-order valence-electron chi connectivity index (χ1n) is 12.4. The van der Waals surface area contributed by atoms with Gasteiger partial charge in [-0.3, -0.25) is 14.5 Å². The third kappa shape index (κ3) is 3.85. The molecule has 34 heavy (non-hydrogen) atoms. The summed E-state index contributed by atoms with van der Waals surface area (Å²) in [7, 11) is 1.59. The number of carbonyl (C=O) groups is 2.